The number of benzene rings is 1. The Kier molecular flexibility index (Phi) is 3.37. The van der Waals surface area contributed by atoms with E-state index in [1.165, 1.54) is 19.9 Å². The second kappa shape index (κ2) is 4.56. The van der Waals surface area contributed by atoms with E-state index in [0.29, 0.717) is 0 Å². The number of hydrogen-bond acceptors (Lipinski definition) is 5. The number of amides is 1. The molecule has 1 aromatic carbocycles. The number of nitro benzene ring substituents is 2. The zero-order chi connectivity index (χ0) is 13.2. The van der Waals surface area contributed by atoms with E-state index in [1.807, 2.05) is 0 Å². The molecule has 0 aliphatic rings. The standard InChI is InChI=1S/C9H9N3O5/c1-5-3-7(10-6(2)13)4-8(11(14)15)9(5)12(16)17/h3-4H,1-2H3,(H,10,13). The third-order valence-electron chi connectivity index (χ3n) is 1.98. The van der Waals surface area contributed by atoms with E-state index in [-0.39, 0.29) is 11.3 Å². The number of nitro groups is 2. The van der Waals surface area contributed by atoms with Crippen LogP contribution in [-0.2, 0) is 4.79 Å². The monoisotopic (exact) mass is 239 g/mol. The SMILES string of the molecule is CC(=O)Nc1cc(C)c([N+](=O)[O-])c([N+](=O)[O-])c1. The largest absolute Gasteiger partial charge is 0.349 e. The minimum Gasteiger partial charge on any atom is -0.326 e. The van der Waals surface area contributed by atoms with Crippen LogP contribution in [0.15, 0.2) is 12.1 Å². The number of nitrogens with zero attached hydrogens (tertiary/aromatic N) is 2. The van der Waals surface area contributed by atoms with E-state index in [4.69, 9.17) is 0 Å². The third kappa shape index (κ3) is 2.74. The molecule has 0 aromatic heterocycles. The summed E-state index contributed by atoms with van der Waals surface area (Å²) < 4.78 is 0. The fourth-order valence-corrected chi connectivity index (χ4v) is 1.41. The molecule has 0 heterocycles. The van der Waals surface area contributed by atoms with E-state index in [1.54, 1.807) is 0 Å². The van der Waals surface area contributed by atoms with E-state index in [2.05, 4.69) is 5.32 Å². The molecule has 0 spiro atoms. The molecular formula is C9H9N3O5. The van der Waals surface area contributed by atoms with Crippen molar-refractivity contribution in [3.05, 3.63) is 37.9 Å². The number of rotatable bonds is 3. The maximum absolute atomic E-state index is 10.8. The van der Waals surface area contributed by atoms with Gasteiger partial charge >= 0.3 is 11.4 Å². The third-order valence-corrected chi connectivity index (χ3v) is 1.98. The van der Waals surface area contributed by atoms with Crippen molar-refractivity contribution < 1.29 is 14.6 Å². The van der Waals surface area contributed by atoms with Gasteiger partial charge in [0, 0.05) is 24.2 Å². The summed E-state index contributed by atoms with van der Waals surface area (Å²) >= 11 is 0. The molecule has 8 heteroatoms. The summed E-state index contributed by atoms with van der Waals surface area (Å²) in [6, 6.07) is 2.28. The summed E-state index contributed by atoms with van der Waals surface area (Å²) in [7, 11) is 0. The lowest BCUT2D eigenvalue weighted by Crippen LogP contribution is -2.07. The predicted octanol–water partition coefficient (Wildman–Crippen LogP) is 1.77. The van der Waals surface area contributed by atoms with Crippen molar-refractivity contribution in [2.45, 2.75) is 13.8 Å². The molecule has 0 fully saturated rings. The van der Waals surface area contributed by atoms with Gasteiger partial charge in [0.25, 0.3) is 0 Å². The summed E-state index contributed by atoms with van der Waals surface area (Å²) in [5.74, 6) is -0.410. The molecule has 0 aliphatic heterocycles. The van der Waals surface area contributed by atoms with Crippen LogP contribution in [0.25, 0.3) is 0 Å². The molecule has 1 amide bonds. The van der Waals surface area contributed by atoms with Crippen molar-refractivity contribution in [3.63, 3.8) is 0 Å². The fourth-order valence-electron chi connectivity index (χ4n) is 1.41. The summed E-state index contributed by atoms with van der Waals surface area (Å²) in [6.45, 7) is 2.61. The molecule has 0 radical (unpaired) electrons. The molecule has 0 saturated heterocycles. The minimum absolute atomic E-state index is 0.118. The van der Waals surface area contributed by atoms with Crippen LogP contribution in [0.5, 0.6) is 0 Å². The smallest absolute Gasteiger partial charge is 0.326 e. The van der Waals surface area contributed by atoms with Crippen LogP contribution in [-0.4, -0.2) is 15.8 Å². The topological polar surface area (TPSA) is 115 Å². The van der Waals surface area contributed by atoms with Crippen LogP contribution < -0.4 is 5.32 Å². The first-order valence-corrected chi connectivity index (χ1v) is 4.54. The minimum atomic E-state index is -0.851. The predicted molar refractivity (Wildman–Crippen MR) is 58.8 cm³/mol. The fraction of sp³-hybridized carbons (Fsp3) is 0.222. The van der Waals surface area contributed by atoms with Crippen LogP contribution in [0.3, 0.4) is 0 Å². The maximum atomic E-state index is 10.8. The van der Waals surface area contributed by atoms with Crippen molar-refractivity contribution in [2.75, 3.05) is 5.32 Å². The highest BCUT2D eigenvalue weighted by Gasteiger charge is 2.27. The molecule has 0 aliphatic carbocycles. The zero-order valence-electron chi connectivity index (χ0n) is 9.09. The Hall–Kier alpha value is -2.51. The van der Waals surface area contributed by atoms with Crippen LogP contribution in [0.4, 0.5) is 17.1 Å². The molecule has 17 heavy (non-hydrogen) atoms. The quantitative estimate of drug-likeness (QED) is 0.637. The zero-order valence-corrected chi connectivity index (χ0v) is 9.09. The highest BCUT2D eigenvalue weighted by atomic mass is 16.6. The van der Waals surface area contributed by atoms with Crippen molar-refractivity contribution >= 4 is 23.0 Å². The van der Waals surface area contributed by atoms with Gasteiger partial charge in [0.2, 0.25) is 5.91 Å². The van der Waals surface area contributed by atoms with Gasteiger partial charge in [-0.25, -0.2) is 0 Å². The molecule has 1 N–H and O–H groups in total. The van der Waals surface area contributed by atoms with Crippen molar-refractivity contribution in [1.82, 2.24) is 0 Å². The number of aryl methyl sites for hydroxylation is 1. The van der Waals surface area contributed by atoms with Crippen molar-refractivity contribution in [2.24, 2.45) is 0 Å². The van der Waals surface area contributed by atoms with Gasteiger partial charge in [-0.15, -0.1) is 0 Å². The molecule has 0 saturated carbocycles. The normalized spacial score (nSPS) is 9.76. The first-order chi connectivity index (χ1) is 7.82. The average Bonchev–Trinajstić information content (AvgIpc) is 2.14. The Bertz CT molecular complexity index is 512. The van der Waals surface area contributed by atoms with Crippen LogP contribution in [0.2, 0.25) is 0 Å². The number of carbonyl (C=O) groups excluding carboxylic acids is 1. The van der Waals surface area contributed by atoms with Gasteiger partial charge in [-0.05, 0) is 13.0 Å². The first kappa shape index (κ1) is 12.6. The molecular weight excluding hydrogens is 230 g/mol. The van der Waals surface area contributed by atoms with Crippen LogP contribution >= 0.6 is 0 Å². The number of anilines is 1. The maximum Gasteiger partial charge on any atom is 0.349 e. The number of carbonyl (C=O) groups is 1. The van der Waals surface area contributed by atoms with E-state index >= 15 is 0 Å². The molecule has 90 valence electrons. The second-order valence-electron chi connectivity index (χ2n) is 3.36. The highest BCUT2D eigenvalue weighted by Crippen LogP contribution is 2.33. The Balaban J connectivity index is 3.41. The molecule has 0 atom stereocenters. The lowest BCUT2D eigenvalue weighted by molar-refractivity contribution is -0.422. The van der Waals surface area contributed by atoms with Gasteiger partial charge < -0.3 is 5.32 Å². The Morgan fingerprint density at radius 1 is 1.24 bits per heavy atom. The number of nitrogens with one attached hydrogen (secondary N) is 1. The lowest BCUT2D eigenvalue weighted by Gasteiger charge is -2.04. The van der Waals surface area contributed by atoms with Crippen LogP contribution in [0, 0.1) is 27.2 Å². The van der Waals surface area contributed by atoms with Gasteiger partial charge in [-0.2, -0.15) is 0 Å². The molecule has 1 rings (SSSR count). The molecule has 8 nitrogen and oxygen atoms in total. The van der Waals surface area contributed by atoms with Crippen LogP contribution in [0.1, 0.15) is 12.5 Å². The Labute approximate surface area is 95.5 Å². The first-order valence-electron chi connectivity index (χ1n) is 4.54. The lowest BCUT2D eigenvalue weighted by atomic mass is 10.1. The average molecular weight is 239 g/mol. The van der Waals surface area contributed by atoms with Gasteiger partial charge in [-0.3, -0.25) is 25.0 Å². The Morgan fingerprint density at radius 2 is 1.82 bits per heavy atom. The summed E-state index contributed by atoms with van der Waals surface area (Å²) in [4.78, 5) is 30.5. The van der Waals surface area contributed by atoms with Gasteiger partial charge in [0.05, 0.1) is 9.85 Å². The van der Waals surface area contributed by atoms with Crippen molar-refractivity contribution in [1.29, 1.82) is 0 Å². The molecule has 1 aromatic rings. The van der Waals surface area contributed by atoms with Gasteiger partial charge in [0.1, 0.15) is 0 Å². The van der Waals surface area contributed by atoms with E-state index in [0.717, 1.165) is 6.07 Å². The summed E-state index contributed by atoms with van der Waals surface area (Å²) in [6.07, 6.45) is 0. The van der Waals surface area contributed by atoms with Crippen molar-refractivity contribution in [3.8, 4) is 0 Å². The van der Waals surface area contributed by atoms with E-state index < -0.39 is 27.1 Å². The Morgan fingerprint density at radius 3 is 2.24 bits per heavy atom. The summed E-state index contributed by atoms with van der Waals surface area (Å²) in [5.41, 5.74) is -0.928. The molecule has 0 bridgehead atoms. The number of hydrogen-bond donors (Lipinski definition) is 1. The van der Waals surface area contributed by atoms with Gasteiger partial charge in [-0.1, -0.05) is 0 Å². The van der Waals surface area contributed by atoms with E-state index in [9.17, 15) is 25.0 Å². The summed E-state index contributed by atoms with van der Waals surface area (Å²) in [5, 5.41) is 23.7. The van der Waals surface area contributed by atoms with Gasteiger partial charge in [0.15, 0.2) is 0 Å². The highest BCUT2D eigenvalue weighted by molar-refractivity contribution is 5.89. The molecule has 0 unspecified atom stereocenters. The second-order valence-corrected chi connectivity index (χ2v) is 3.36.